The molecular weight excluding hydrogens is 311 g/mol. The normalized spacial score (nSPS) is 11.1. The number of aromatic nitrogens is 4. The number of pyridine rings is 1. The highest BCUT2D eigenvalue weighted by atomic mass is 19.1. The smallest absolute Gasteiger partial charge is 0.270 e. The SMILES string of the molecule is Cc1noc(-c2cnc3cc(-c4cccc(F)c4)ccn3c2=O)n1. The Balaban J connectivity index is 1.86. The molecule has 0 aliphatic rings. The molecule has 0 saturated carbocycles. The molecule has 0 atom stereocenters. The molecule has 0 amide bonds. The molecule has 24 heavy (non-hydrogen) atoms. The summed E-state index contributed by atoms with van der Waals surface area (Å²) in [5, 5.41) is 3.68. The number of rotatable bonds is 2. The highest BCUT2D eigenvalue weighted by Gasteiger charge is 2.13. The van der Waals surface area contributed by atoms with Crippen LogP contribution in [0.5, 0.6) is 0 Å². The second-order valence-corrected chi connectivity index (χ2v) is 5.28. The molecule has 6 nitrogen and oxygen atoms in total. The maximum absolute atomic E-state index is 13.4. The topological polar surface area (TPSA) is 73.3 Å². The van der Waals surface area contributed by atoms with Crippen molar-refractivity contribution in [2.24, 2.45) is 0 Å². The van der Waals surface area contributed by atoms with E-state index in [4.69, 9.17) is 4.52 Å². The van der Waals surface area contributed by atoms with Crippen LogP contribution in [0.15, 0.2) is 58.1 Å². The minimum absolute atomic E-state index is 0.133. The summed E-state index contributed by atoms with van der Waals surface area (Å²) in [5.41, 5.74) is 1.84. The molecule has 0 N–H and O–H groups in total. The van der Waals surface area contributed by atoms with Crippen molar-refractivity contribution < 1.29 is 8.91 Å². The highest BCUT2D eigenvalue weighted by molar-refractivity contribution is 5.67. The molecule has 0 aliphatic heterocycles. The van der Waals surface area contributed by atoms with E-state index in [1.54, 1.807) is 37.4 Å². The zero-order chi connectivity index (χ0) is 16.7. The Hall–Kier alpha value is -3.35. The van der Waals surface area contributed by atoms with Crippen molar-refractivity contribution in [1.29, 1.82) is 0 Å². The standard InChI is InChI=1S/C17H11FN4O2/c1-10-20-16(24-21-10)14-9-19-15-8-12(5-6-22(15)17(14)23)11-3-2-4-13(18)7-11/h2-9H,1H3. The summed E-state index contributed by atoms with van der Waals surface area (Å²) in [7, 11) is 0. The molecule has 3 aromatic heterocycles. The van der Waals surface area contributed by atoms with Gasteiger partial charge in [-0.2, -0.15) is 4.98 Å². The Labute approximate surface area is 135 Å². The Morgan fingerprint density at radius 2 is 2.00 bits per heavy atom. The first-order chi connectivity index (χ1) is 11.6. The van der Waals surface area contributed by atoms with Crippen LogP contribution in [0.4, 0.5) is 4.39 Å². The summed E-state index contributed by atoms with van der Waals surface area (Å²) in [5.74, 6) is 0.254. The van der Waals surface area contributed by atoms with Crippen LogP contribution in [-0.4, -0.2) is 19.5 Å². The van der Waals surface area contributed by atoms with Gasteiger partial charge in [0, 0.05) is 12.4 Å². The van der Waals surface area contributed by atoms with Gasteiger partial charge in [-0.05, 0) is 42.3 Å². The quantitative estimate of drug-likeness (QED) is 0.567. The number of halogens is 1. The predicted molar refractivity (Wildman–Crippen MR) is 84.9 cm³/mol. The van der Waals surface area contributed by atoms with Crippen molar-refractivity contribution in [1.82, 2.24) is 19.5 Å². The summed E-state index contributed by atoms with van der Waals surface area (Å²) >= 11 is 0. The van der Waals surface area contributed by atoms with E-state index < -0.39 is 0 Å². The van der Waals surface area contributed by atoms with Crippen LogP contribution < -0.4 is 5.56 Å². The first kappa shape index (κ1) is 14.3. The van der Waals surface area contributed by atoms with Gasteiger partial charge in [-0.1, -0.05) is 17.3 Å². The Morgan fingerprint density at radius 3 is 2.75 bits per heavy atom. The van der Waals surface area contributed by atoms with Crippen molar-refractivity contribution in [3.8, 4) is 22.6 Å². The lowest BCUT2D eigenvalue weighted by molar-refractivity contribution is 0.425. The molecule has 0 unspecified atom stereocenters. The Morgan fingerprint density at radius 1 is 1.17 bits per heavy atom. The number of hydrogen-bond donors (Lipinski definition) is 0. The second-order valence-electron chi connectivity index (χ2n) is 5.28. The van der Waals surface area contributed by atoms with Gasteiger partial charge in [0.25, 0.3) is 11.4 Å². The van der Waals surface area contributed by atoms with Gasteiger partial charge in [0.2, 0.25) is 0 Å². The highest BCUT2D eigenvalue weighted by Crippen LogP contribution is 2.21. The van der Waals surface area contributed by atoms with Crippen LogP contribution in [0.3, 0.4) is 0 Å². The van der Waals surface area contributed by atoms with Gasteiger partial charge >= 0.3 is 0 Å². The van der Waals surface area contributed by atoms with Crippen molar-refractivity contribution in [2.45, 2.75) is 6.92 Å². The molecule has 118 valence electrons. The molecule has 4 rings (SSSR count). The lowest BCUT2D eigenvalue weighted by atomic mass is 10.1. The Kier molecular flexibility index (Phi) is 3.19. The van der Waals surface area contributed by atoms with Gasteiger partial charge < -0.3 is 4.52 Å². The molecule has 0 fully saturated rings. The summed E-state index contributed by atoms with van der Waals surface area (Å²) in [4.78, 5) is 20.9. The number of aryl methyl sites for hydroxylation is 1. The van der Waals surface area contributed by atoms with E-state index in [9.17, 15) is 9.18 Å². The lowest BCUT2D eigenvalue weighted by Gasteiger charge is -2.06. The van der Waals surface area contributed by atoms with Crippen molar-refractivity contribution in [3.05, 3.63) is 70.8 Å². The van der Waals surface area contributed by atoms with E-state index in [1.807, 2.05) is 0 Å². The van der Waals surface area contributed by atoms with Gasteiger partial charge in [-0.3, -0.25) is 9.20 Å². The molecule has 3 heterocycles. The van der Waals surface area contributed by atoms with E-state index in [0.717, 1.165) is 5.56 Å². The third-order valence-corrected chi connectivity index (χ3v) is 3.63. The minimum atomic E-state index is -0.320. The van der Waals surface area contributed by atoms with Crippen LogP contribution in [0.1, 0.15) is 5.82 Å². The molecule has 1 aromatic carbocycles. The van der Waals surface area contributed by atoms with Crippen molar-refractivity contribution >= 4 is 5.65 Å². The average molecular weight is 322 g/mol. The van der Waals surface area contributed by atoms with E-state index in [1.165, 1.54) is 22.7 Å². The van der Waals surface area contributed by atoms with Crippen LogP contribution >= 0.6 is 0 Å². The minimum Gasteiger partial charge on any atom is -0.334 e. The van der Waals surface area contributed by atoms with Crippen LogP contribution in [0.2, 0.25) is 0 Å². The number of nitrogens with zero attached hydrogens (tertiary/aromatic N) is 4. The first-order valence-corrected chi connectivity index (χ1v) is 7.20. The van der Waals surface area contributed by atoms with Gasteiger partial charge in [-0.25, -0.2) is 9.37 Å². The third-order valence-electron chi connectivity index (χ3n) is 3.63. The molecule has 0 bridgehead atoms. The fourth-order valence-corrected chi connectivity index (χ4v) is 2.48. The summed E-state index contributed by atoms with van der Waals surface area (Å²) in [6.45, 7) is 1.67. The zero-order valence-electron chi connectivity index (χ0n) is 12.6. The first-order valence-electron chi connectivity index (χ1n) is 7.20. The molecule has 0 aliphatic carbocycles. The maximum Gasteiger partial charge on any atom is 0.270 e. The van der Waals surface area contributed by atoms with E-state index in [0.29, 0.717) is 17.0 Å². The summed E-state index contributed by atoms with van der Waals surface area (Å²) in [6, 6.07) is 9.69. The van der Waals surface area contributed by atoms with Crippen molar-refractivity contribution in [3.63, 3.8) is 0 Å². The van der Waals surface area contributed by atoms with E-state index >= 15 is 0 Å². The number of hydrogen-bond acceptors (Lipinski definition) is 5. The lowest BCUT2D eigenvalue weighted by Crippen LogP contribution is -2.16. The fourth-order valence-electron chi connectivity index (χ4n) is 2.48. The zero-order valence-corrected chi connectivity index (χ0v) is 12.6. The van der Waals surface area contributed by atoms with Crippen LogP contribution in [-0.2, 0) is 0 Å². The van der Waals surface area contributed by atoms with Crippen LogP contribution in [0, 0.1) is 12.7 Å². The number of fused-ring (bicyclic) bond motifs is 1. The van der Waals surface area contributed by atoms with E-state index in [-0.39, 0.29) is 22.8 Å². The molecular formula is C17H11FN4O2. The predicted octanol–water partition coefficient (Wildman–Crippen LogP) is 2.86. The summed E-state index contributed by atoms with van der Waals surface area (Å²) in [6.07, 6.45) is 3.00. The summed E-state index contributed by atoms with van der Waals surface area (Å²) < 4.78 is 19.8. The van der Waals surface area contributed by atoms with Crippen molar-refractivity contribution in [2.75, 3.05) is 0 Å². The molecule has 0 radical (unpaired) electrons. The largest absolute Gasteiger partial charge is 0.334 e. The molecule has 4 aromatic rings. The maximum atomic E-state index is 13.4. The van der Waals surface area contributed by atoms with Crippen LogP contribution in [0.25, 0.3) is 28.2 Å². The third kappa shape index (κ3) is 2.36. The average Bonchev–Trinajstić information content (AvgIpc) is 3.01. The monoisotopic (exact) mass is 322 g/mol. The van der Waals surface area contributed by atoms with Gasteiger partial charge in [-0.15, -0.1) is 0 Å². The Bertz CT molecular complexity index is 1120. The van der Waals surface area contributed by atoms with E-state index in [2.05, 4.69) is 15.1 Å². The fraction of sp³-hybridized carbons (Fsp3) is 0.0588. The number of benzene rings is 1. The molecule has 0 saturated heterocycles. The van der Waals surface area contributed by atoms with Gasteiger partial charge in [0.1, 0.15) is 17.0 Å². The molecule has 0 spiro atoms. The second kappa shape index (κ2) is 5.38. The molecule has 7 heteroatoms. The van der Waals surface area contributed by atoms with Gasteiger partial charge in [0.15, 0.2) is 5.82 Å². The van der Waals surface area contributed by atoms with Gasteiger partial charge in [0.05, 0.1) is 0 Å².